The number of anilines is 4. The summed E-state index contributed by atoms with van der Waals surface area (Å²) in [6, 6.07) is 1.61. The summed E-state index contributed by atoms with van der Waals surface area (Å²) in [4.78, 5) is 54.4. The Morgan fingerprint density at radius 2 is 1.78 bits per heavy atom. The molecule has 5 rings (SSSR count). The number of ether oxygens (including phenoxy) is 2. The van der Waals surface area contributed by atoms with Crippen LogP contribution in [0.25, 0.3) is 0 Å². The van der Waals surface area contributed by atoms with E-state index in [9.17, 15) is 14.4 Å². The van der Waals surface area contributed by atoms with Crippen molar-refractivity contribution in [2.24, 2.45) is 11.3 Å². The predicted molar refractivity (Wildman–Crippen MR) is 153 cm³/mol. The molecule has 0 radical (unpaired) electrons. The average molecular weight is 567 g/mol. The van der Waals surface area contributed by atoms with Crippen LogP contribution in [-0.4, -0.2) is 83.7 Å². The SMILES string of the molecule is CNC(=O)c1cnc(NC(=O)C2CC2)cc1Nc1ncnc(N2CC3(CCN(C(=O)OC(C)(C)C)CC3)C2)c1OC. The number of hydrogen-bond donors (Lipinski definition) is 3. The Kier molecular flexibility index (Phi) is 7.62. The topological polar surface area (TPSA) is 151 Å². The van der Waals surface area contributed by atoms with Crippen molar-refractivity contribution in [2.75, 3.05) is 55.9 Å². The molecule has 3 amide bonds. The summed E-state index contributed by atoms with van der Waals surface area (Å²) in [5.41, 5.74) is 0.286. The number of methoxy groups -OCH3 is 1. The zero-order valence-electron chi connectivity index (χ0n) is 24.2. The number of carbonyl (C=O) groups is 3. The van der Waals surface area contributed by atoms with Gasteiger partial charge in [0.2, 0.25) is 11.7 Å². The van der Waals surface area contributed by atoms with Crippen LogP contribution in [0.1, 0.15) is 56.8 Å². The van der Waals surface area contributed by atoms with E-state index in [1.165, 1.54) is 19.6 Å². The minimum absolute atomic E-state index is 0.0145. The highest BCUT2D eigenvalue weighted by Gasteiger charge is 2.47. The van der Waals surface area contributed by atoms with Gasteiger partial charge in [-0.15, -0.1) is 0 Å². The highest BCUT2D eigenvalue weighted by molar-refractivity contribution is 6.01. The Labute approximate surface area is 239 Å². The minimum atomic E-state index is -0.516. The van der Waals surface area contributed by atoms with Gasteiger partial charge in [-0.3, -0.25) is 9.59 Å². The lowest BCUT2D eigenvalue weighted by atomic mass is 9.72. The molecular formula is C28H38N8O5. The van der Waals surface area contributed by atoms with Gasteiger partial charge in [0, 0.05) is 56.8 Å². The molecule has 220 valence electrons. The van der Waals surface area contributed by atoms with Gasteiger partial charge in [0.25, 0.3) is 5.91 Å². The molecule has 3 aliphatic rings. The first kappa shape index (κ1) is 28.4. The Balaban J connectivity index is 1.30. The standard InChI is InChI=1S/C28H38N8O5/c1-27(2,3)41-26(39)35-10-8-28(9-11-35)14-36(15-28)23-21(40-5)22(31-16-32-23)33-19-12-20(34-24(37)17-6-7-17)30-13-18(19)25(38)29-4/h12-13,16-17H,6-11,14-15H2,1-5H3,(H,29,38)(H2,30,31,32,33,34,37). The number of amides is 3. The van der Waals surface area contributed by atoms with Crippen molar-refractivity contribution in [3.63, 3.8) is 0 Å². The van der Waals surface area contributed by atoms with Gasteiger partial charge in [-0.1, -0.05) is 0 Å². The number of hydrogen-bond acceptors (Lipinski definition) is 10. The van der Waals surface area contributed by atoms with Crippen LogP contribution in [0.3, 0.4) is 0 Å². The fourth-order valence-corrected chi connectivity index (χ4v) is 5.23. The molecule has 1 aliphatic carbocycles. The van der Waals surface area contributed by atoms with Crippen LogP contribution in [0.4, 0.5) is 27.9 Å². The van der Waals surface area contributed by atoms with Gasteiger partial charge in [-0.2, -0.15) is 0 Å². The third kappa shape index (κ3) is 6.28. The third-order valence-electron chi connectivity index (χ3n) is 7.65. The van der Waals surface area contributed by atoms with Gasteiger partial charge >= 0.3 is 6.09 Å². The number of pyridine rings is 1. The quantitative estimate of drug-likeness (QED) is 0.456. The molecule has 4 heterocycles. The fourth-order valence-electron chi connectivity index (χ4n) is 5.23. The third-order valence-corrected chi connectivity index (χ3v) is 7.65. The van der Waals surface area contributed by atoms with E-state index in [0.29, 0.717) is 47.5 Å². The number of nitrogens with one attached hydrogen (secondary N) is 3. The van der Waals surface area contributed by atoms with Crippen LogP contribution in [0, 0.1) is 11.3 Å². The molecule has 41 heavy (non-hydrogen) atoms. The van der Waals surface area contributed by atoms with Crippen molar-refractivity contribution in [1.82, 2.24) is 25.2 Å². The van der Waals surface area contributed by atoms with Crippen molar-refractivity contribution in [3.05, 3.63) is 24.2 Å². The van der Waals surface area contributed by atoms with Gasteiger partial charge in [0.15, 0.2) is 11.6 Å². The summed E-state index contributed by atoms with van der Waals surface area (Å²) in [7, 11) is 3.09. The summed E-state index contributed by atoms with van der Waals surface area (Å²) in [5, 5.41) is 8.64. The molecule has 3 N–H and O–H groups in total. The molecular weight excluding hydrogens is 528 g/mol. The monoisotopic (exact) mass is 566 g/mol. The lowest BCUT2D eigenvalue weighted by Crippen LogP contribution is -2.61. The zero-order valence-corrected chi connectivity index (χ0v) is 24.2. The van der Waals surface area contributed by atoms with Crippen LogP contribution < -0.4 is 25.6 Å². The maximum Gasteiger partial charge on any atom is 0.410 e. The molecule has 2 aromatic rings. The first-order valence-corrected chi connectivity index (χ1v) is 13.9. The molecule has 0 unspecified atom stereocenters. The second-order valence-corrected chi connectivity index (χ2v) is 12.0. The number of piperidine rings is 1. The Morgan fingerprint density at radius 1 is 1.07 bits per heavy atom. The molecule has 2 saturated heterocycles. The first-order chi connectivity index (χ1) is 19.5. The average Bonchev–Trinajstić information content (AvgIpc) is 3.76. The molecule has 13 nitrogen and oxygen atoms in total. The van der Waals surface area contributed by atoms with E-state index in [0.717, 1.165) is 38.8 Å². The van der Waals surface area contributed by atoms with Gasteiger partial charge < -0.3 is 35.2 Å². The van der Waals surface area contributed by atoms with E-state index in [4.69, 9.17) is 9.47 Å². The highest BCUT2D eigenvalue weighted by Crippen LogP contribution is 2.46. The fraction of sp³-hybridized carbons (Fsp3) is 0.571. The van der Waals surface area contributed by atoms with E-state index in [-0.39, 0.29) is 29.2 Å². The predicted octanol–water partition coefficient (Wildman–Crippen LogP) is 3.17. The normalized spacial score (nSPS) is 17.9. The highest BCUT2D eigenvalue weighted by atomic mass is 16.6. The maximum atomic E-state index is 12.6. The van der Waals surface area contributed by atoms with Crippen molar-refractivity contribution in [2.45, 2.75) is 52.1 Å². The van der Waals surface area contributed by atoms with Gasteiger partial charge in [-0.25, -0.2) is 19.7 Å². The number of aromatic nitrogens is 3. The van der Waals surface area contributed by atoms with Gasteiger partial charge in [-0.05, 0) is 46.5 Å². The lowest BCUT2D eigenvalue weighted by molar-refractivity contribution is -0.117. The minimum Gasteiger partial charge on any atom is -0.490 e. The van der Waals surface area contributed by atoms with Crippen molar-refractivity contribution >= 4 is 41.0 Å². The molecule has 13 heteroatoms. The van der Waals surface area contributed by atoms with Crippen LogP contribution in [0.2, 0.25) is 0 Å². The smallest absolute Gasteiger partial charge is 0.410 e. The van der Waals surface area contributed by atoms with Crippen LogP contribution >= 0.6 is 0 Å². The Morgan fingerprint density at radius 3 is 2.39 bits per heavy atom. The molecule has 1 spiro atoms. The lowest BCUT2D eigenvalue weighted by Gasteiger charge is -2.54. The second kappa shape index (κ2) is 11.0. The van der Waals surface area contributed by atoms with E-state index in [1.54, 1.807) is 18.1 Å². The Bertz CT molecular complexity index is 1320. The summed E-state index contributed by atoms with van der Waals surface area (Å²) < 4.78 is 11.3. The first-order valence-electron chi connectivity index (χ1n) is 13.9. The summed E-state index contributed by atoms with van der Waals surface area (Å²) in [5.74, 6) is 1.40. The largest absolute Gasteiger partial charge is 0.490 e. The summed E-state index contributed by atoms with van der Waals surface area (Å²) in [6.45, 7) is 8.48. The molecule has 2 aliphatic heterocycles. The van der Waals surface area contributed by atoms with E-state index < -0.39 is 5.60 Å². The molecule has 2 aromatic heterocycles. The number of carbonyl (C=O) groups excluding carboxylic acids is 3. The number of nitrogens with zero attached hydrogens (tertiary/aromatic N) is 5. The molecule has 1 saturated carbocycles. The van der Waals surface area contributed by atoms with Crippen molar-refractivity contribution < 1.29 is 23.9 Å². The van der Waals surface area contributed by atoms with E-state index in [2.05, 4.69) is 35.8 Å². The summed E-state index contributed by atoms with van der Waals surface area (Å²) >= 11 is 0. The Hall–Kier alpha value is -4.16. The van der Waals surface area contributed by atoms with E-state index in [1.807, 2.05) is 20.8 Å². The number of likely N-dealkylation sites (tertiary alicyclic amines) is 1. The second-order valence-electron chi connectivity index (χ2n) is 12.0. The molecule has 0 bridgehead atoms. The van der Waals surface area contributed by atoms with Crippen LogP contribution in [-0.2, 0) is 9.53 Å². The van der Waals surface area contributed by atoms with Gasteiger partial charge in [0.05, 0.1) is 18.4 Å². The maximum absolute atomic E-state index is 12.6. The molecule has 0 atom stereocenters. The number of rotatable bonds is 7. The van der Waals surface area contributed by atoms with E-state index >= 15 is 0 Å². The van der Waals surface area contributed by atoms with Crippen molar-refractivity contribution in [3.8, 4) is 5.75 Å². The van der Waals surface area contributed by atoms with Gasteiger partial charge in [0.1, 0.15) is 17.7 Å². The van der Waals surface area contributed by atoms with Crippen LogP contribution in [0.15, 0.2) is 18.6 Å². The van der Waals surface area contributed by atoms with Crippen molar-refractivity contribution in [1.29, 1.82) is 0 Å². The van der Waals surface area contributed by atoms with Crippen LogP contribution in [0.5, 0.6) is 5.75 Å². The molecule has 0 aromatic carbocycles. The zero-order chi connectivity index (χ0) is 29.4. The molecule has 3 fully saturated rings. The summed E-state index contributed by atoms with van der Waals surface area (Å²) in [6.07, 6.45) is 6.10.